The van der Waals surface area contributed by atoms with Gasteiger partial charge >= 0.3 is 0 Å². The Labute approximate surface area is 81.4 Å². The van der Waals surface area contributed by atoms with Gasteiger partial charge in [0.1, 0.15) is 0 Å². The van der Waals surface area contributed by atoms with E-state index in [1.54, 1.807) is 0 Å². The van der Waals surface area contributed by atoms with Gasteiger partial charge < -0.3 is 0 Å². The van der Waals surface area contributed by atoms with E-state index in [0.29, 0.717) is 11.8 Å². The van der Waals surface area contributed by atoms with Gasteiger partial charge in [-0.05, 0) is 25.3 Å². The largest absolute Gasteiger partial charge is 0.0958 e. The summed E-state index contributed by atoms with van der Waals surface area (Å²) in [6, 6.07) is 0. The number of rotatable bonds is 2. The molecule has 0 saturated carbocycles. The van der Waals surface area contributed by atoms with Crippen molar-refractivity contribution in [1.29, 1.82) is 0 Å². The lowest BCUT2D eigenvalue weighted by atomic mass is 9.81. The fourth-order valence-electron chi connectivity index (χ4n) is 1.83. The lowest BCUT2D eigenvalue weighted by Gasteiger charge is -2.23. The zero-order valence-electron chi connectivity index (χ0n) is 8.75. The first-order valence-corrected chi connectivity index (χ1v) is 4.84. The number of hydrogen-bond donors (Lipinski definition) is 0. The Morgan fingerprint density at radius 1 is 1.31 bits per heavy atom. The van der Waals surface area contributed by atoms with Gasteiger partial charge in [-0.2, -0.15) is 0 Å². The summed E-state index contributed by atoms with van der Waals surface area (Å²) in [6.07, 6.45) is 10.9. The maximum Gasteiger partial charge on any atom is 0.00805 e. The zero-order valence-corrected chi connectivity index (χ0v) is 8.75. The first kappa shape index (κ1) is 10.0. The second-order valence-electron chi connectivity index (χ2n) is 3.68. The Balaban J connectivity index is 2.88. The highest BCUT2D eigenvalue weighted by atomic mass is 14.2. The van der Waals surface area contributed by atoms with Crippen LogP contribution in [0.25, 0.3) is 0 Å². The average Bonchev–Trinajstić information content (AvgIpc) is 2.09. The second-order valence-corrected chi connectivity index (χ2v) is 3.68. The minimum Gasteiger partial charge on any atom is -0.0958 e. The van der Waals surface area contributed by atoms with Crippen LogP contribution in [0.1, 0.15) is 20.8 Å². The topological polar surface area (TPSA) is 0 Å². The molecule has 1 aliphatic carbocycles. The monoisotopic (exact) mass is 174 g/mol. The van der Waals surface area contributed by atoms with Gasteiger partial charge in [0.15, 0.2) is 0 Å². The summed E-state index contributed by atoms with van der Waals surface area (Å²) in [6.45, 7) is 10.4. The van der Waals surface area contributed by atoms with Crippen LogP contribution in [0.15, 0.2) is 48.1 Å². The minimum absolute atomic E-state index is 0.521. The van der Waals surface area contributed by atoms with Gasteiger partial charge in [0, 0.05) is 5.92 Å². The van der Waals surface area contributed by atoms with E-state index in [9.17, 15) is 0 Å². The minimum atomic E-state index is 0.521. The van der Waals surface area contributed by atoms with Gasteiger partial charge in [0.25, 0.3) is 0 Å². The van der Waals surface area contributed by atoms with Crippen molar-refractivity contribution in [3.63, 3.8) is 0 Å². The normalized spacial score (nSPS) is 27.8. The van der Waals surface area contributed by atoms with Crippen molar-refractivity contribution in [3.05, 3.63) is 48.1 Å². The molecule has 0 aromatic rings. The van der Waals surface area contributed by atoms with Crippen molar-refractivity contribution < 1.29 is 0 Å². The van der Waals surface area contributed by atoms with Crippen molar-refractivity contribution in [2.24, 2.45) is 11.8 Å². The highest BCUT2D eigenvalue weighted by Gasteiger charge is 2.17. The van der Waals surface area contributed by atoms with Gasteiger partial charge in [-0.1, -0.05) is 49.5 Å². The molecule has 0 nitrogen and oxygen atoms in total. The SMILES string of the molecule is C=C(C)/C(=C/C)C1C=CC=CC1C. The molecule has 2 unspecified atom stereocenters. The molecule has 0 heteroatoms. The van der Waals surface area contributed by atoms with Crippen molar-refractivity contribution in [3.8, 4) is 0 Å². The van der Waals surface area contributed by atoms with Crippen LogP contribution in [0, 0.1) is 11.8 Å². The third-order valence-corrected chi connectivity index (χ3v) is 2.57. The van der Waals surface area contributed by atoms with Crippen LogP contribution in [0.4, 0.5) is 0 Å². The molecule has 0 N–H and O–H groups in total. The molecule has 1 rings (SSSR count). The van der Waals surface area contributed by atoms with Crippen molar-refractivity contribution in [2.75, 3.05) is 0 Å². The van der Waals surface area contributed by atoms with E-state index in [0.717, 1.165) is 0 Å². The zero-order chi connectivity index (χ0) is 9.84. The van der Waals surface area contributed by atoms with E-state index in [-0.39, 0.29) is 0 Å². The Bertz CT molecular complexity index is 276. The molecule has 0 aromatic carbocycles. The molecule has 0 amide bonds. The fraction of sp³-hybridized carbons (Fsp3) is 0.385. The molecular weight excluding hydrogens is 156 g/mol. The van der Waals surface area contributed by atoms with Crippen molar-refractivity contribution in [2.45, 2.75) is 20.8 Å². The molecule has 0 aliphatic heterocycles. The summed E-state index contributed by atoms with van der Waals surface area (Å²) in [7, 11) is 0. The van der Waals surface area contributed by atoms with E-state index in [2.05, 4.69) is 57.7 Å². The smallest absolute Gasteiger partial charge is 0.00805 e. The molecule has 70 valence electrons. The predicted octanol–water partition coefficient (Wildman–Crippen LogP) is 3.89. The predicted molar refractivity (Wildman–Crippen MR) is 59.5 cm³/mol. The van der Waals surface area contributed by atoms with Crippen LogP contribution < -0.4 is 0 Å². The molecule has 1 aliphatic rings. The maximum absolute atomic E-state index is 4.01. The summed E-state index contributed by atoms with van der Waals surface area (Å²) in [5.74, 6) is 1.11. The van der Waals surface area contributed by atoms with E-state index >= 15 is 0 Å². The van der Waals surface area contributed by atoms with Crippen LogP contribution in [-0.4, -0.2) is 0 Å². The van der Waals surface area contributed by atoms with Gasteiger partial charge in [0.05, 0.1) is 0 Å². The van der Waals surface area contributed by atoms with Gasteiger partial charge in [0.2, 0.25) is 0 Å². The highest BCUT2D eigenvalue weighted by Crippen LogP contribution is 2.29. The summed E-state index contributed by atoms with van der Waals surface area (Å²) in [5, 5.41) is 0. The van der Waals surface area contributed by atoms with Gasteiger partial charge in [-0.3, -0.25) is 0 Å². The standard InChI is InChI=1S/C13H18/c1-5-12(10(2)3)13-9-7-6-8-11(13)4/h5-9,11,13H,2H2,1,3-4H3/b12-5-. The third kappa shape index (κ3) is 2.21. The lowest BCUT2D eigenvalue weighted by molar-refractivity contribution is 0.580. The average molecular weight is 174 g/mol. The molecule has 0 fully saturated rings. The van der Waals surface area contributed by atoms with Crippen molar-refractivity contribution in [1.82, 2.24) is 0 Å². The van der Waals surface area contributed by atoms with Crippen LogP contribution in [0.5, 0.6) is 0 Å². The summed E-state index contributed by atoms with van der Waals surface area (Å²) in [5.41, 5.74) is 2.55. The molecular formula is C13H18. The molecule has 13 heavy (non-hydrogen) atoms. The van der Waals surface area contributed by atoms with E-state index < -0.39 is 0 Å². The Hall–Kier alpha value is -1.04. The first-order valence-electron chi connectivity index (χ1n) is 4.84. The summed E-state index contributed by atoms with van der Waals surface area (Å²) in [4.78, 5) is 0. The van der Waals surface area contributed by atoms with Crippen molar-refractivity contribution >= 4 is 0 Å². The quantitative estimate of drug-likeness (QED) is 0.557. The third-order valence-electron chi connectivity index (χ3n) is 2.57. The van der Waals surface area contributed by atoms with Crippen LogP contribution in [-0.2, 0) is 0 Å². The molecule has 0 saturated heterocycles. The summed E-state index contributed by atoms with van der Waals surface area (Å²) >= 11 is 0. The van der Waals surface area contributed by atoms with Gasteiger partial charge in [-0.15, -0.1) is 0 Å². The molecule has 0 radical (unpaired) electrons. The Morgan fingerprint density at radius 3 is 2.38 bits per heavy atom. The lowest BCUT2D eigenvalue weighted by Crippen LogP contribution is -2.12. The highest BCUT2D eigenvalue weighted by molar-refractivity contribution is 5.35. The van der Waals surface area contributed by atoms with Crippen LogP contribution in [0.2, 0.25) is 0 Å². The molecule has 0 bridgehead atoms. The van der Waals surface area contributed by atoms with Crippen LogP contribution >= 0.6 is 0 Å². The molecule has 0 heterocycles. The number of allylic oxidation sites excluding steroid dienone is 7. The van der Waals surface area contributed by atoms with E-state index in [1.807, 2.05) is 0 Å². The van der Waals surface area contributed by atoms with E-state index in [4.69, 9.17) is 0 Å². The summed E-state index contributed by atoms with van der Waals surface area (Å²) < 4.78 is 0. The fourth-order valence-corrected chi connectivity index (χ4v) is 1.83. The van der Waals surface area contributed by atoms with Gasteiger partial charge in [-0.25, -0.2) is 0 Å². The maximum atomic E-state index is 4.01. The molecule has 0 aromatic heterocycles. The van der Waals surface area contributed by atoms with E-state index in [1.165, 1.54) is 11.1 Å². The molecule has 2 atom stereocenters. The number of hydrogen-bond acceptors (Lipinski definition) is 0. The molecule has 0 spiro atoms. The van der Waals surface area contributed by atoms with Crippen LogP contribution in [0.3, 0.4) is 0 Å². The Kier molecular flexibility index (Phi) is 3.30. The Morgan fingerprint density at radius 2 is 1.92 bits per heavy atom. The second kappa shape index (κ2) is 4.27. The first-order chi connectivity index (χ1) is 6.16.